The summed E-state index contributed by atoms with van der Waals surface area (Å²) in [5.74, 6) is 0. The molecule has 0 bridgehead atoms. The van der Waals surface area contributed by atoms with Crippen molar-refractivity contribution in [3.63, 3.8) is 0 Å². The van der Waals surface area contributed by atoms with E-state index < -0.39 is 23.3 Å². The van der Waals surface area contributed by atoms with Crippen LogP contribution in [-0.4, -0.2) is 12.4 Å². The van der Waals surface area contributed by atoms with Gasteiger partial charge in [-0.05, 0) is 24.3 Å². The zero-order chi connectivity index (χ0) is 16.7. The molecular formula is C15H18F6. The van der Waals surface area contributed by atoms with E-state index in [2.05, 4.69) is 0 Å². The van der Waals surface area contributed by atoms with Gasteiger partial charge in [0.05, 0.1) is 0 Å². The van der Waals surface area contributed by atoms with Gasteiger partial charge in [0.2, 0.25) is 0 Å². The second-order valence-corrected chi connectivity index (χ2v) is 6.29. The van der Waals surface area contributed by atoms with Gasteiger partial charge in [0, 0.05) is 0 Å². The van der Waals surface area contributed by atoms with Crippen LogP contribution in [0.15, 0.2) is 35.5 Å². The summed E-state index contributed by atoms with van der Waals surface area (Å²) in [4.78, 5) is 0. The van der Waals surface area contributed by atoms with Gasteiger partial charge in [-0.25, -0.2) is 0 Å². The molecule has 0 heterocycles. The largest absolute Gasteiger partial charge is 0.406 e. The van der Waals surface area contributed by atoms with Crippen molar-refractivity contribution in [1.29, 1.82) is 0 Å². The lowest BCUT2D eigenvalue weighted by atomic mass is 9.80. The normalized spacial score (nSPS) is 18.2. The third-order valence-electron chi connectivity index (χ3n) is 3.77. The van der Waals surface area contributed by atoms with Gasteiger partial charge in [0.15, 0.2) is 5.41 Å². The summed E-state index contributed by atoms with van der Waals surface area (Å²) in [6.45, 7) is 5.76. The molecule has 1 aliphatic rings. The van der Waals surface area contributed by atoms with Gasteiger partial charge < -0.3 is 0 Å². The predicted molar refractivity (Wildman–Crippen MR) is 69.6 cm³/mol. The number of rotatable bonds is 1. The van der Waals surface area contributed by atoms with E-state index in [-0.39, 0.29) is 12.3 Å². The molecule has 0 fully saturated rings. The molecule has 0 spiro atoms. The van der Waals surface area contributed by atoms with E-state index in [0.29, 0.717) is 6.42 Å². The maximum atomic E-state index is 13.0. The average Bonchev–Trinajstić information content (AvgIpc) is 2.49. The van der Waals surface area contributed by atoms with Gasteiger partial charge in [-0.2, -0.15) is 26.3 Å². The molecule has 0 saturated carbocycles. The number of hydrogen-bond donors (Lipinski definition) is 0. The van der Waals surface area contributed by atoms with Crippen molar-refractivity contribution >= 4 is 0 Å². The zero-order valence-corrected chi connectivity index (χ0v) is 12.3. The Hall–Kier alpha value is -1.20. The van der Waals surface area contributed by atoms with Crippen LogP contribution < -0.4 is 0 Å². The summed E-state index contributed by atoms with van der Waals surface area (Å²) in [5, 5.41) is 0. The van der Waals surface area contributed by atoms with Crippen LogP contribution in [0.2, 0.25) is 0 Å². The van der Waals surface area contributed by atoms with E-state index in [9.17, 15) is 26.3 Å². The Morgan fingerprint density at radius 1 is 0.810 bits per heavy atom. The smallest absolute Gasteiger partial charge is 0.170 e. The molecule has 1 rings (SSSR count). The fourth-order valence-electron chi connectivity index (χ4n) is 2.00. The average molecular weight is 312 g/mol. The molecule has 21 heavy (non-hydrogen) atoms. The first-order valence-electron chi connectivity index (χ1n) is 6.43. The minimum atomic E-state index is -5.42. The molecule has 0 radical (unpaired) electrons. The van der Waals surface area contributed by atoms with E-state index >= 15 is 0 Å². The van der Waals surface area contributed by atoms with Crippen molar-refractivity contribution in [3.8, 4) is 0 Å². The summed E-state index contributed by atoms with van der Waals surface area (Å²) in [6.07, 6.45) is -5.92. The van der Waals surface area contributed by atoms with Gasteiger partial charge in [-0.1, -0.05) is 50.6 Å². The van der Waals surface area contributed by atoms with Crippen molar-refractivity contribution in [2.24, 2.45) is 10.8 Å². The molecule has 0 N–H and O–H groups in total. The maximum Gasteiger partial charge on any atom is 0.406 e. The second kappa shape index (κ2) is 5.21. The number of hydrogen-bond acceptors (Lipinski definition) is 0. The summed E-state index contributed by atoms with van der Waals surface area (Å²) in [6, 6.07) is 0. The summed E-state index contributed by atoms with van der Waals surface area (Å²) in [5.41, 5.74) is -4.20. The van der Waals surface area contributed by atoms with Crippen LogP contribution in [0.25, 0.3) is 0 Å². The molecule has 0 unspecified atom stereocenters. The molecule has 0 aliphatic heterocycles. The first-order valence-corrected chi connectivity index (χ1v) is 6.43. The Kier molecular flexibility index (Phi) is 4.43. The molecule has 0 atom stereocenters. The molecule has 120 valence electrons. The minimum Gasteiger partial charge on any atom is -0.170 e. The number of halogens is 6. The molecular weight excluding hydrogens is 294 g/mol. The predicted octanol–water partition coefficient (Wildman–Crippen LogP) is 5.98. The Morgan fingerprint density at radius 2 is 1.29 bits per heavy atom. The fraction of sp³-hybridized carbons (Fsp3) is 0.600. The van der Waals surface area contributed by atoms with Crippen LogP contribution in [0.3, 0.4) is 0 Å². The molecule has 0 aromatic heterocycles. The highest BCUT2D eigenvalue weighted by molar-refractivity contribution is 5.38. The van der Waals surface area contributed by atoms with Gasteiger partial charge in [-0.15, -0.1) is 0 Å². The molecule has 0 saturated heterocycles. The van der Waals surface area contributed by atoms with E-state index in [4.69, 9.17) is 0 Å². The number of alkyl halides is 6. The zero-order valence-electron chi connectivity index (χ0n) is 12.3. The van der Waals surface area contributed by atoms with Crippen molar-refractivity contribution < 1.29 is 26.3 Å². The summed E-state index contributed by atoms with van der Waals surface area (Å²) >= 11 is 0. The van der Waals surface area contributed by atoms with Crippen molar-refractivity contribution in [2.45, 2.75) is 46.5 Å². The van der Waals surface area contributed by atoms with E-state index in [0.717, 1.165) is 17.7 Å². The van der Waals surface area contributed by atoms with E-state index in [1.54, 1.807) is 0 Å². The first-order chi connectivity index (χ1) is 9.21. The van der Waals surface area contributed by atoms with Crippen molar-refractivity contribution in [3.05, 3.63) is 35.5 Å². The van der Waals surface area contributed by atoms with Crippen molar-refractivity contribution in [1.82, 2.24) is 0 Å². The van der Waals surface area contributed by atoms with Crippen molar-refractivity contribution in [2.75, 3.05) is 0 Å². The Balaban J connectivity index is 3.42. The lowest BCUT2D eigenvalue weighted by molar-refractivity contribution is -0.317. The molecule has 0 amide bonds. The van der Waals surface area contributed by atoms with E-state index in [1.165, 1.54) is 12.2 Å². The quantitative estimate of drug-likeness (QED) is 0.523. The second-order valence-electron chi connectivity index (χ2n) is 6.29. The maximum absolute atomic E-state index is 13.0. The topological polar surface area (TPSA) is 0 Å². The SMILES string of the molecule is CC(C)(C)C1=CC=C(C(C)(C(F)(F)F)C(F)(F)F)C=CC1. The lowest BCUT2D eigenvalue weighted by Crippen LogP contribution is -2.48. The molecule has 0 aromatic rings. The van der Waals surface area contributed by atoms with Crippen LogP contribution >= 0.6 is 0 Å². The highest BCUT2D eigenvalue weighted by Crippen LogP contribution is 2.55. The third kappa shape index (κ3) is 3.35. The van der Waals surface area contributed by atoms with Gasteiger partial charge >= 0.3 is 12.4 Å². The van der Waals surface area contributed by atoms with Crippen LogP contribution in [-0.2, 0) is 0 Å². The lowest BCUT2D eigenvalue weighted by Gasteiger charge is -2.35. The first kappa shape index (κ1) is 17.9. The Morgan fingerprint density at radius 3 is 1.67 bits per heavy atom. The standard InChI is InChI=1S/C15H18F6/c1-12(2,3)10-6-5-7-11(9-8-10)13(4,14(16,17)18)15(19,20)21/h5,7-9H,6H2,1-4H3. The van der Waals surface area contributed by atoms with Crippen LogP contribution in [0.1, 0.15) is 34.1 Å². The van der Waals surface area contributed by atoms with Gasteiger partial charge in [0.1, 0.15) is 0 Å². The molecule has 0 nitrogen and oxygen atoms in total. The summed E-state index contributed by atoms with van der Waals surface area (Å²) < 4.78 is 78.2. The Labute approximate surface area is 120 Å². The third-order valence-corrected chi connectivity index (χ3v) is 3.77. The van der Waals surface area contributed by atoms with E-state index in [1.807, 2.05) is 20.8 Å². The Bertz CT molecular complexity index is 466. The minimum absolute atomic E-state index is 0.180. The number of allylic oxidation sites excluding steroid dienone is 6. The fourth-order valence-corrected chi connectivity index (χ4v) is 2.00. The highest BCUT2D eigenvalue weighted by Gasteiger charge is 2.68. The highest BCUT2D eigenvalue weighted by atomic mass is 19.4. The molecule has 0 aromatic carbocycles. The molecule has 1 aliphatic carbocycles. The monoisotopic (exact) mass is 312 g/mol. The van der Waals surface area contributed by atoms with Crippen LogP contribution in [0, 0.1) is 10.8 Å². The van der Waals surface area contributed by atoms with Gasteiger partial charge in [0.25, 0.3) is 0 Å². The van der Waals surface area contributed by atoms with Gasteiger partial charge in [-0.3, -0.25) is 0 Å². The van der Waals surface area contributed by atoms with Crippen LogP contribution in [0.5, 0.6) is 0 Å². The molecule has 6 heteroatoms. The summed E-state index contributed by atoms with van der Waals surface area (Å²) in [7, 11) is 0. The van der Waals surface area contributed by atoms with Crippen LogP contribution in [0.4, 0.5) is 26.3 Å².